The van der Waals surface area contributed by atoms with E-state index in [1.54, 1.807) is 24.3 Å². The van der Waals surface area contributed by atoms with Gasteiger partial charge in [-0.1, -0.05) is 17.3 Å². The van der Waals surface area contributed by atoms with E-state index >= 15 is 0 Å². The van der Waals surface area contributed by atoms with Gasteiger partial charge < -0.3 is 9.42 Å². The highest BCUT2D eigenvalue weighted by Gasteiger charge is 2.27. The summed E-state index contributed by atoms with van der Waals surface area (Å²) in [7, 11) is 0. The molecule has 1 unspecified atom stereocenters. The smallest absolute Gasteiger partial charge is 0.260 e. The van der Waals surface area contributed by atoms with Gasteiger partial charge in [-0.15, -0.1) is 0 Å². The summed E-state index contributed by atoms with van der Waals surface area (Å²) < 4.78 is 32.6. The van der Waals surface area contributed by atoms with E-state index in [1.165, 1.54) is 12.1 Å². The molecule has 134 valence electrons. The predicted octanol–water partition coefficient (Wildman–Crippen LogP) is 4.71. The van der Waals surface area contributed by atoms with Gasteiger partial charge in [0.05, 0.1) is 5.56 Å². The summed E-state index contributed by atoms with van der Waals surface area (Å²) in [5.41, 5.74) is 2.24. The minimum absolute atomic E-state index is 0.0949. The maximum Gasteiger partial charge on any atom is 0.260 e. The zero-order valence-electron chi connectivity index (χ0n) is 14.5. The van der Waals surface area contributed by atoms with Crippen molar-refractivity contribution in [2.24, 2.45) is 0 Å². The number of aromatic nitrogens is 2. The van der Waals surface area contributed by atoms with Crippen molar-refractivity contribution in [3.05, 3.63) is 65.5 Å². The first-order chi connectivity index (χ1) is 12.6. The fourth-order valence-corrected chi connectivity index (χ4v) is 3.53. The SMILES string of the molecule is Cc1cc(F)ccc1N1CCCC(c2noc(-c3ccccc3F)n2)C1. The molecule has 1 aliphatic rings. The van der Waals surface area contributed by atoms with Crippen molar-refractivity contribution < 1.29 is 13.3 Å². The Balaban J connectivity index is 1.56. The molecular weight excluding hydrogens is 336 g/mol. The average molecular weight is 355 g/mol. The lowest BCUT2D eigenvalue weighted by molar-refractivity contribution is 0.402. The first-order valence-corrected chi connectivity index (χ1v) is 8.71. The molecule has 4 nitrogen and oxygen atoms in total. The standard InChI is InChI=1S/C20H19F2N3O/c1-13-11-15(21)8-9-18(13)25-10-4-5-14(12-25)19-23-20(26-24-19)16-6-2-3-7-17(16)22/h2-3,6-9,11,14H,4-5,10,12H2,1H3. The van der Waals surface area contributed by atoms with E-state index in [2.05, 4.69) is 15.0 Å². The first-order valence-electron chi connectivity index (χ1n) is 8.71. The number of halogens is 2. The van der Waals surface area contributed by atoms with Gasteiger partial charge >= 0.3 is 0 Å². The number of nitrogens with zero attached hydrogens (tertiary/aromatic N) is 3. The minimum atomic E-state index is -0.380. The Labute approximate surface area is 150 Å². The minimum Gasteiger partial charge on any atom is -0.371 e. The maximum atomic E-state index is 13.9. The van der Waals surface area contributed by atoms with Gasteiger partial charge in [0.15, 0.2) is 5.82 Å². The third kappa shape index (κ3) is 3.19. The largest absolute Gasteiger partial charge is 0.371 e. The monoisotopic (exact) mass is 355 g/mol. The lowest BCUT2D eigenvalue weighted by atomic mass is 9.96. The van der Waals surface area contributed by atoms with Gasteiger partial charge in [0.25, 0.3) is 5.89 Å². The van der Waals surface area contributed by atoms with E-state index < -0.39 is 0 Å². The van der Waals surface area contributed by atoms with E-state index in [0.717, 1.165) is 37.2 Å². The van der Waals surface area contributed by atoms with Crippen LogP contribution in [0.3, 0.4) is 0 Å². The molecule has 4 rings (SSSR count). The van der Waals surface area contributed by atoms with Crippen molar-refractivity contribution in [3.63, 3.8) is 0 Å². The van der Waals surface area contributed by atoms with Crippen molar-refractivity contribution in [1.29, 1.82) is 0 Å². The lowest BCUT2D eigenvalue weighted by Gasteiger charge is -2.34. The number of hydrogen-bond donors (Lipinski definition) is 0. The van der Waals surface area contributed by atoms with Gasteiger partial charge in [0, 0.05) is 24.7 Å². The molecule has 0 bridgehead atoms. The van der Waals surface area contributed by atoms with Gasteiger partial charge in [0.1, 0.15) is 11.6 Å². The lowest BCUT2D eigenvalue weighted by Crippen LogP contribution is -2.35. The highest BCUT2D eigenvalue weighted by molar-refractivity contribution is 5.55. The Morgan fingerprint density at radius 3 is 2.81 bits per heavy atom. The molecular formula is C20H19F2N3O. The van der Waals surface area contributed by atoms with E-state index in [0.29, 0.717) is 11.4 Å². The summed E-state index contributed by atoms with van der Waals surface area (Å²) in [6, 6.07) is 11.2. The number of rotatable bonds is 3. The third-order valence-corrected chi connectivity index (χ3v) is 4.83. The molecule has 1 saturated heterocycles. The van der Waals surface area contributed by atoms with Crippen LogP contribution in [0.4, 0.5) is 14.5 Å². The second-order valence-corrected chi connectivity index (χ2v) is 6.65. The zero-order valence-corrected chi connectivity index (χ0v) is 14.5. The van der Waals surface area contributed by atoms with Crippen LogP contribution in [-0.4, -0.2) is 23.2 Å². The molecule has 0 radical (unpaired) electrons. The zero-order chi connectivity index (χ0) is 18.1. The highest BCUT2D eigenvalue weighted by atomic mass is 19.1. The summed E-state index contributed by atoms with van der Waals surface area (Å²) in [6.45, 7) is 3.54. The molecule has 6 heteroatoms. The molecule has 26 heavy (non-hydrogen) atoms. The molecule has 0 amide bonds. The van der Waals surface area contributed by atoms with Gasteiger partial charge in [-0.3, -0.25) is 0 Å². The van der Waals surface area contributed by atoms with Crippen molar-refractivity contribution in [1.82, 2.24) is 10.1 Å². The third-order valence-electron chi connectivity index (χ3n) is 4.83. The van der Waals surface area contributed by atoms with Crippen molar-refractivity contribution in [3.8, 4) is 11.5 Å². The van der Waals surface area contributed by atoms with E-state index in [1.807, 2.05) is 13.0 Å². The van der Waals surface area contributed by atoms with Gasteiger partial charge in [-0.25, -0.2) is 8.78 Å². The van der Waals surface area contributed by atoms with Crippen LogP contribution >= 0.6 is 0 Å². The number of anilines is 1. The first kappa shape index (κ1) is 16.7. The molecule has 2 heterocycles. The maximum absolute atomic E-state index is 13.9. The van der Waals surface area contributed by atoms with E-state index in [-0.39, 0.29) is 23.4 Å². The second-order valence-electron chi connectivity index (χ2n) is 6.65. The Morgan fingerprint density at radius 1 is 1.15 bits per heavy atom. The molecule has 1 atom stereocenters. The fourth-order valence-electron chi connectivity index (χ4n) is 3.53. The summed E-state index contributed by atoms with van der Waals surface area (Å²) in [5, 5.41) is 4.08. The van der Waals surface area contributed by atoms with Crippen LogP contribution in [0, 0.1) is 18.6 Å². The van der Waals surface area contributed by atoms with Crippen LogP contribution in [-0.2, 0) is 0 Å². The Hall–Kier alpha value is -2.76. The molecule has 3 aromatic rings. The molecule has 0 spiro atoms. The summed E-state index contributed by atoms with van der Waals surface area (Å²) in [6.07, 6.45) is 1.91. The molecule has 2 aromatic carbocycles. The van der Waals surface area contributed by atoms with Crippen LogP contribution in [0.1, 0.15) is 30.1 Å². The summed E-state index contributed by atoms with van der Waals surface area (Å²) >= 11 is 0. The van der Waals surface area contributed by atoms with E-state index in [4.69, 9.17) is 4.52 Å². The molecule has 0 saturated carbocycles. The fraction of sp³-hybridized carbons (Fsp3) is 0.300. The number of aryl methyl sites for hydroxylation is 1. The highest BCUT2D eigenvalue weighted by Crippen LogP contribution is 2.31. The van der Waals surface area contributed by atoms with Crippen LogP contribution in [0.25, 0.3) is 11.5 Å². The van der Waals surface area contributed by atoms with E-state index in [9.17, 15) is 8.78 Å². The van der Waals surface area contributed by atoms with Crippen molar-refractivity contribution in [2.75, 3.05) is 18.0 Å². The molecule has 1 aromatic heterocycles. The molecule has 0 aliphatic carbocycles. The second kappa shape index (κ2) is 6.86. The number of benzene rings is 2. The van der Waals surface area contributed by atoms with Crippen LogP contribution < -0.4 is 4.90 Å². The number of hydrogen-bond acceptors (Lipinski definition) is 4. The Bertz CT molecular complexity index is 925. The normalized spacial score (nSPS) is 17.5. The summed E-state index contributed by atoms with van der Waals surface area (Å²) in [5.74, 6) is 0.279. The van der Waals surface area contributed by atoms with Crippen molar-refractivity contribution >= 4 is 5.69 Å². The predicted molar refractivity (Wildman–Crippen MR) is 95.0 cm³/mol. The van der Waals surface area contributed by atoms with Gasteiger partial charge in [-0.2, -0.15) is 4.98 Å². The van der Waals surface area contributed by atoms with Crippen LogP contribution in [0.2, 0.25) is 0 Å². The topological polar surface area (TPSA) is 42.2 Å². The Morgan fingerprint density at radius 2 is 2.00 bits per heavy atom. The van der Waals surface area contributed by atoms with Crippen LogP contribution in [0.15, 0.2) is 47.0 Å². The van der Waals surface area contributed by atoms with Gasteiger partial charge in [0.2, 0.25) is 0 Å². The Kier molecular flexibility index (Phi) is 4.41. The van der Waals surface area contributed by atoms with Gasteiger partial charge in [-0.05, 0) is 55.7 Å². The van der Waals surface area contributed by atoms with Crippen LogP contribution in [0.5, 0.6) is 0 Å². The summed E-state index contributed by atoms with van der Waals surface area (Å²) in [4.78, 5) is 6.65. The number of piperidine rings is 1. The molecule has 1 fully saturated rings. The molecule has 1 aliphatic heterocycles. The quantitative estimate of drug-likeness (QED) is 0.682. The average Bonchev–Trinajstić information content (AvgIpc) is 3.12. The van der Waals surface area contributed by atoms with Crippen molar-refractivity contribution in [2.45, 2.75) is 25.7 Å². The molecule has 0 N–H and O–H groups in total.